The number of aliphatic hydroxyl groups excluding tert-OH is 3. The van der Waals surface area contributed by atoms with Gasteiger partial charge in [0.05, 0.1) is 12.2 Å². The molecule has 1 fully saturated rings. The van der Waals surface area contributed by atoms with Gasteiger partial charge in [0, 0.05) is 6.07 Å². The Morgan fingerprint density at radius 3 is 2.72 bits per heavy atom. The van der Waals surface area contributed by atoms with Crippen molar-refractivity contribution in [3.8, 4) is 0 Å². The lowest BCUT2D eigenvalue weighted by molar-refractivity contribution is -0.765. The fourth-order valence-corrected chi connectivity index (χ4v) is 2.04. The van der Waals surface area contributed by atoms with Crippen LogP contribution in [0, 0.1) is 0 Å². The number of aromatic nitrogens is 1. The summed E-state index contributed by atoms with van der Waals surface area (Å²) in [4.78, 5) is 0.232. The highest BCUT2D eigenvalue weighted by molar-refractivity contribution is 7.80. The normalized spacial score (nSPS) is 31.5. The summed E-state index contributed by atoms with van der Waals surface area (Å²) in [6, 6.07) is 3.45. The van der Waals surface area contributed by atoms with Gasteiger partial charge in [-0.25, -0.2) is 0 Å². The van der Waals surface area contributed by atoms with E-state index < -0.39 is 24.5 Å². The third-order valence-electron chi connectivity index (χ3n) is 2.92. The average molecular weight is 271 g/mol. The molecule has 98 valence electrons. The van der Waals surface area contributed by atoms with Crippen molar-refractivity contribution >= 4 is 17.2 Å². The molecular weight excluding hydrogens is 256 g/mol. The van der Waals surface area contributed by atoms with E-state index in [0.717, 1.165) is 0 Å². The van der Waals surface area contributed by atoms with Gasteiger partial charge in [0.25, 0.3) is 6.23 Å². The number of rotatable bonds is 3. The Kier molecular flexibility index (Phi) is 3.88. The maximum Gasteiger partial charge on any atom is 0.292 e. The first-order valence-corrected chi connectivity index (χ1v) is 5.88. The summed E-state index contributed by atoms with van der Waals surface area (Å²) < 4.78 is 6.95. The Bertz CT molecular complexity index is 456. The van der Waals surface area contributed by atoms with Crippen molar-refractivity contribution in [3.63, 3.8) is 0 Å². The van der Waals surface area contributed by atoms with Crippen LogP contribution in [0.15, 0.2) is 24.5 Å². The quantitative estimate of drug-likeness (QED) is 0.383. The van der Waals surface area contributed by atoms with Crippen LogP contribution in [0.3, 0.4) is 0 Å². The highest BCUT2D eigenvalue weighted by Gasteiger charge is 2.47. The lowest BCUT2D eigenvalue weighted by Gasteiger charge is -2.10. The molecule has 0 saturated carbocycles. The number of nitrogens with zero attached hydrogens (tertiary/aromatic N) is 1. The first-order chi connectivity index (χ1) is 8.54. The molecule has 0 aromatic carbocycles. The molecule has 0 radical (unpaired) electrons. The van der Waals surface area contributed by atoms with E-state index in [4.69, 9.17) is 27.8 Å². The van der Waals surface area contributed by atoms with E-state index in [1.807, 2.05) is 0 Å². The van der Waals surface area contributed by atoms with E-state index >= 15 is 0 Å². The van der Waals surface area contributed by atoms with Gasteiger partial charge in [0.2, 0.25) is 0 Å². The van der Waals surface area contributed by atoms with Crippen LogP contribution in [-0.2, 0) is 4.74 Å². The van der Waals surface area contributed by atoms with E-state index in [0.29, 0.717) is 5.56 Å². The first-order valence-electron chi connectivity index (χ1n) is 5.47. The molecule has 1 aromatic rings. The fourth-order valence-electron chi connectivity index (χ4n) is 1.92. The van der Waals surface area contributed by atoms with Gasteiger partial charge in [-0.15, -0.1) is 0 Å². The average Bonchev–Trinajstić information content (AvgIpc) is 2.66. The Morgan fingerprint density at radius 2 is 2.17 bits per heavy atom. The fraction of sp³-hybridized carbons (Fsp3) is 0.455. The number of hydrogen-bond donors (Lipinski definition) is 4. The molecule has 1 aliphatic heterocycles. The van der Waals surface area contributed by atoms with Crippen molar-refractivity contribution in [2.45, 2.75) is 24.5 Å². The molecule has 7 heteroatoms. The third kappa shape index (κ3) is 2.36. The minimum atomic E-state index is -1.12. The van der Waals surface area contributed by atoms with Gasteiger partial charge < -0.3 is 25.8 Å². The molecule has 1 saturated heterocycles. The van der Waals surface area contributed by atoms with Crippen molar-refractivity contribution in [1.29, 1.82) is 0 Å². The largest absolute Gasteiger partial charge is 0.394 e. The maximum atomic E-state index is 9.87. The highest BCUT2D eigenvalue weighted by atomic mass is 32.1. The molecule has 1 unspecified atom stereocenters. The predicted molar refractivity (Wildman–Crippen MR) is 65.5 cm³/mol. The Labute approximate surface area is 109 Å². The van der Waals surface area contributed by atoms with Crippen LogP contribution in [0.4, 0.5) is 0 Å². The summed E-state index contributed by atoms with van der Waals surface area (Å²) in [5.74, 6) is 0. The lowest BCUT2D eigenvalue weighted by Crippen LogP contribution is -2.46. The highest BCUT2D eigenvalue weighted by Crippen LogP contribution is 2.24. The second kappa shape index (κ2) is 5.25. The molecular formula is C11H15N2O4S+. The summed E-state index contributed by atoms with van der Waals surface area (Å²) in [6.07, 6.45) is -0.516. The zero-order chi connectivity index (χ0) is 13.3. The summed E-state index contributed by atoms with van der Waals surface area (Å²) >= 11 is 4.87. The Hall–Kier alpha value is -1.12. The van der Waals surface area contributed by atoms with Gasteiger partial charge in [-0.3, -0.25) is 0 Å². The van der Waals surface area contributed by atoms with Gasteiger partial charge in [0.1, 0.15) is 17.2 Å². The van der Waals surface area contributed by atoms with Gasteiger partial charge in [-0.2, -0.15) is 4.57 Å². The van der Waals surface area contributed by atoms with Crippen molar-refractivity contribution in [3.05, 3.63) is 30.1 Å². The topological polar surface area (TPSA) is 99.8 Å². The van der Waals surface area contributed by atoms with Crippen LogP contribution < -0.4 is 10.3 Å². The minimum absolute atomic E-state index is 0.232. The van der Waals surface area contributed by atoms with E-state index in [9.17, 15) is 10.2 Å². The standard InChI is InChI=1S/C11H14N2O4S/c12-10(18)6-2-1-3-13(4-6)11-9(16)8(15)7(5-14)17-11/h1-4,7-9,11,14-16H,5H2,(H-,12,18)/p+1/t7-,8-,9-,11?/m1/s1. The minimum Gasteiger partial charge on any atom is -0.394 e. The van der Waals surface area contributed by atoms with Crippen molar-refractivity contribution < 1.29 is 24.6 Å². The van der Waals surface area contributed by atoms with Crippen LogP contribution in [0.2, 0.25) is 0 Å². The zero-order valence-electron chi connectivity index (χ0n) is 9.51. The molecule has 0 amide bonds. The maximum absolute atomic E-state index is 9.87. The molecule has 0 bridgehead atoms. The lowest BCUT2D eigenvalue weighted by atomic mass is 10.1. The van der Waals surface area contributed by atoms with Crippen LogP contribution in [0.1, 0.15) is 11.8 Å². The Balaban J connectivity index is 2.27. The molecule has 0 spiro atoms. The van der Waals surface area contributed by atoms with Gasteiger partial charge in [-0.05, 0) is 6.07 Å². The molecule has 6 nitrogen and oxygen atoms in total. The summed E-state index contributed by atoms with van der Waals surface area (Å²) in [5.41, 5.74) is 6.15. The van der Waals surface area contributed by atoms with Crippen LogP contribution in [0.5, 0.6) is 0 Å². The van der Waals surface area contributed by atoms with Gasteiger partial charge in [0.15, 0.2) is 18.5 Å². The van der Waals surface area contributed by atoms with Crippen LogP contribution in [-0.4, -0.2) is 45.2 Å². The first kappa shape index (κ1) is 13.3. The van der Waals surface area contributed by atoms with E-state index in [1.54, 1.807) is 29.1 Å². The number of ether oxygens (including phenoxy) is 1. The number of hydrogen-bond acceptors (Lipinski definition) is 5. The molecule has 2 rings (SSSR count). The SMILES string of the molecule is NC(=S)c1ccc[n+](C2O[C@H](CO)[C@@H](O)[C@H]2O)c1. The second-order valence-corrected chi connectivity index (χ2v) is 4.57. The van der Waals surface area contributed by atoms with E-state index in [2.05, 4.69) is 0 Å². The molecule has 5 N–H and O–H groups in total. The second-order valence-electron chi connectivity index (χ2n) is 4.13. The number of aliphatic hydroxyl groups is 3. The van der Waals surface area contributed by atoms with Crippen molar-refractivity contribution in [2.75, 3.05) is 6.61 Å². The number of pyridine rings is 1. The summed E-state index contributed by atoms with van der Waals surface area (Å²) in [7, 11) is 0. The molecule has 1 aliphatic rings. The van der Waals surface area contributed by atoms with Gasteiger partial charge >= 0.3 is 0 Å². The molecule has 0 aliphatic carbocycles. The smallest absolute Gasteiger partial charge is 0.292 e. The molecule has 1 aromatic heterocycles. The predicted octanol–water partition coefficient (Wildman–Crippen LogP) is -1.78. The van der Waals surface area contributed by atoms with Crippen LogP contribution in [0.25, 0.3) is 0 Å². The zero-order valence-corrected chi connectivity index (χ0v) is 10.3. The van der Waals surface area contributed by atoms with Crippen LogP contribution >= 0.6 is 12.2 Å². The Morgan fingerprint density at radius 1 is 1.44 bits per heavy atom. The van der Waals surface area contributed by atoms with Crippen molar-refractivity contribution in [1.82, 2.24) is 0 Å². The monoisotopic (exact) mass is 271 g/mol. The van der Waals surface area contributed by atoms with Crippen molar-refractivity contribution in [2.24, 2.45) is 5.73 Å². The third-order valence-corrected chi connectivity index (χ3v) is 3.15. The molecule has 18 heavy (non-hydrogen) atoms. The number of thiocarbonyl (C=S) groups is 1. The van der Waals surface area contributed by atoms with E-state index in [-0.39, 0.29) is 11.6 Å². The summed E-state index contributed by atoms with van der Waals surface area (Å²) in [6.45, 7) is -0.357. The summed E-state index contributed by atoms with van der Waals surface area (Å²) in [5, 5.41) is 28.6. The molecule has 2 heterocycles. The molecule has 4 atom stereocenters. The number of nitrogens with two attached hydrogens (primary N) is 1. The van der Waals surface area contributed by atoms with E-state index in [1.165, 1.54) is 0 Å². The van der Waals surface area contributed by atoms with Gasteiger partial charge in [-0.1, -0.05) is 12.2 Å².